The minimum atomic E-state index is -0.288. The van der Waals surface area contributed by atoms with Gasteiger partial charge in [0.05, 0.1) is 35.3 Å². The molecule has 4 saturated carbocycles. The van der Waals surface area contributed by atoms with E-state index in [0.717, 1.165) is 54.6 Å². The first kappa shape index (κ1) is 19.0. The third-order valence-corrected chi connectivity index (χ3v) is 8.26. The average molecular weight is 441 g/mol. The highest BCUT2D eigenvalue weighted by molar-refractivity contribution is 6.01. The highest BCUT2D eigenvalue weighted by Gasteiger charge is 2.62. The quantitative estimate of drug-likeness (QED) is 0.665. The Morgan fingerprint density at radius 2 is 2.03 bits per heavy atom. The van der Waals surface area contributed by atoms with Crippen molar-refractivity contribution >= 4 is 29.0 Å². The van der Waals surface area contributed by atoms with E-state index in [1.807, 2.05) is 24.1 Å². The second kappa shape index (κ2) is 6.28. The number of fused-ring (bicyclic) bond motifs is 2. The maximum atomic E-state index is 13.3. The molecule has 1 aliphatic heterocycles. The van der Waals surface area contributed by atoms with Gasteiger partial charge in [0.1, 0.15) is 12.1 Å². The number of hydrogen-bond donors (Lipinski definition) is 1. The van der Waals surface area contributed by atoms with Gasteiger partial charge in [-0.15, -0.1) is 0 Å². The number of aromatic nitrogens is 5. The van der Waals surface area contributed by atoms with E-state index in [1.54, 1.807) is 10.7 Å². The van der Waals surface area contributed by atoms with Crippen molar-refractivity contribution in [3.63, 3.8) is 0 Å². The topological polar surface area (TPSA) is 112 Å². The number of amides is 1. The van der Waals surface area contributed by atoms with Crippen LogP contribution in [0, 0.1) is 35.5 Å². The van der Waals surface area contributed by atoms with Crippen LogP contribution in [-0.4, -0.2) is 36.0 Å². The van der Waals surface area contributed by atoms with E-state index < -0.39 is 0 Å². The Labute approximate surface area is 190 Å². The summed E-state index contributed by atoms with van der Waals surface area (Å²) in [5, 5.41) is 17.6. The van der Waals surface area contributed by atoms with Gasteiger partial charge in [-0.1, -0.05) is 0 Å². The fourth-order valence-electron chi connectivity index (χ4n) is 7.44. The van der Waals surface area contributed by atoms with E-state index in [4.69, 9.17) is 4.98 Å². The largest absolute Gasteiger partial charge is 0.323 e. The number of carbonyl (C=O) groups excluding carboxylic acids is 1. The molecular formula is C24H24N8O. The normalized spacial score (nSPS) is 31.8. The van der Waals surface area contributed by atoms with Crippen molar-refractivity contribution < 1.29 is 4.79 Å². The second-order valence-electron chi connectivity index (χ2n) is 10.6. The molecule has 0 saturated heterocycles. The van der Waals surface area contributed by atoms with Crippen LogP contribution in [0.3, 0.4) is 0 Å². The Kier molecular flexibility index (Phi) is 3.61. The van der Waals surface area contributed by atoms with Crippen LogP contribution in [0.5, 0.6) is 0 Å². The first-order chi connectivity index (χ1) is 16.0. The van der Waals surface area contributed by atoms with Gasteiger partial charge >= 0.3 is 0 Å². The molecule has 9 heteroatoms. The van der Waals surface area contributed by atoms with Gasteiger partial charge in [-0.2, -0.15) is 15.3 Å². The molecule has 3 aromatic rings. The molecular weight excluding hydrogens is 416 g/mol. The molecule has 9 nitrogen and oxygen atoms in total. The zero-order chi connectivity index (χ0) is 22.4. The fourth-order valence-corrected chi connectivity index (χ4v) is 7.44. The minimum Gasteiger partial charge on any atom is -0.323 e. The molecule has 8 rings (SSSR count). The summed E-state index contributed by atoms with van der Waals surface area (Å²) in [4.78, 5) is 28.9. The molecule has 33 heavy (non-hydrogen) atoms. The number of nitrogens with zero attached hydrogens (tertiary/aromatic N) is 7. The van der Waals surface area contributed by atoms with Crippen LogP contribution in [0.1, 0.15) is 49.7 Å². The lowest BCUT2D eigenvalue weighted by molar-refractivity contribution is -0.121. The van der Waals surface area contributed by atoms with E-state index in [9.17, 15) is 10.1 Å². The van der Waals surface area contributed by atoms with Gasteiger partial charge in [0, 0.05) is 11.8 Å². The molecule has 2 unspecified atom stereocenters. The first-order valence-electron chi connectivity index (χ1n) is 11.6. The second-order valence-corrected chi connectivity index (χ2v) is 10.6. The summed E-state index contributed by atoms with van der Waals surface area (Å²) in [5.74, 6) is 2.31. The monoisotopic (exact) mass is 440 g/mol. The summed E-state index contributed by atoms with van der Waals surface area (Å²) < 4.78 is 1.70. The van der Waals surface area contributed by atoms with E-state index in [0.29, 0.717) is 30.0 Å². The summed E-state index contributed by atoms with van der Waals surface area (Å²) in [7, 11) is 0. The van der Waals surface area contributed by atoms with Crippen LogP contribution >= 0.6 is 0 Å². The highest BCUT2D eigenvalue weighted by Crippen LogP contribution is 2.64. The minimum absolute atomic E-state index is 0.0895. The van der Waals surface area contributed by atoms with Crippen LogP contribution in [0.25, 0.3) is 5.65 Å². The van der Waals surface area contributed by atoms with Gasteiger partial charge in [0.2, 0.25) is 11.9 Å². The summed E-state index contributed by atoms with van der Waals surface area (Å²) >= 11 is 0. The van der Waals surface area contributed by atoms with Crippen molar-refractivity contribution in [2.45, 2.75) is 57.4 Å². The zero-order valence-corrected chi connectivity index (χ0v) is 18.5. The number of hydrogen-bond acceptors (Lipinski definition) is 7. The Balaban J connectivity index is 1.27. The zero-order valence-electron chi connectivity index (χ0n) is 18.5. The van der Waals surface area contributed by atoms with Gasteiger partial charge < -0.3 is 5.32 Å². The van der Waals surface area contributed by atoms with Crippen LogP contribution < -0.4 is 10.2 Å². The number of anilines is 3. The van der Waals surface area contributed by atoms with Gasteiger partial charge in [-0.05, 0) is 68.9 Å². The molecule has 166 valence electrons. The van der Waals surface area contributed by atoms with Crippen LogP contribution in [0.15, 0.2) is 24.8 Å². The summed E-state index contributed by atoms with van der Waals surface area (Å²) in [5.41, 5.74) is 2.91. The predicted molar refractivity (Wildman–Crippen MR) is 120 cm³/mol. The van der Waals surface area contributed by atoms with E-state index in [1.165, 1.54) is 12.7 Å². The maximum absolute atomic E-state index is 13.3. The third-order valence-electron chi connectivity index (χ3n) is 8.26. The molecule has 0 radical (unpaired) electrons. The first-order valence-corrected chi connectivity index (χ1v) is 11.6. The standard InChI is InChI=1S/C24H24N8O/c1-14-2-19-27-13-28-31(19)10-18(14)29-22-26-9-17-4-20(33)32(21(17)30-22)24-7-15-3-16(8-24)6-23(5-15,11-24)12-25/h2,9-10,13,15-16H,3-8,11H2,1H3,(H,26,29,30). The molecule has 4 aliphatic carbocycles. The summed E-state index contributed by atoms with van der Waals surface area (Å²) in [6, 6.07) is 4.62. The Morgan fingerprint density at radius 3 is 2.82 bits per heavy atom. The van der Waals surface area contributed by atoms with Crippen molar-refractivity contribution in [1.82, 2.24) is 24.6 Å². The fraction of sp³-hybridized carbons (Fsp3) is 0.500. The number of nitrogens with one attached hydrogen (secondary N) is 1. The number of nitriles is 1. The lowest BCUT2D eigenvalue weighted by atomic mass is 9.47. The molecule has 1 N–H and O–H groups in total. The van der Waals surface area contributed by atoms with E-state index in [-0.39, 0.29) is 16.9 Å². The average Bonchev–Trinajstić information content (AvgIpc) is 3.35. The van der Waals surface area contributed by atoms with Crippen molar-refractivity contribution in [3.05, 3.63) is 35.9 Å². The molecule has 4 bridgehead atoms. The van der Waals surface area contributed by atoms with Crippen molar-refractivity contribution in [1.29, 1.82) is 5.26 Å². The molecule has 4 heterocycles. The van der Waals surface area contributed by atoms with Crippen LogP contribution in [0.2, 0.25) is 0 Å². The summed E-state index contributed by atoms with van der Waals surface area (Å²) in [6.45, 7) is 2.00. The number of rotatable bonds is 3. The van der Waals surface area contributed by atoms with Gasteiger partial charge in [0.15, 0.2) is 5.65 Å². The van der Waals surface area contributed by atoms with Crippen molar-refractivity contribution in [3.8, 4) is 6.07 Å². The smallest absolute Gasteiger partial charge is 0.233 e. The lowest BCUT2D eigenvalue weighted by Gasteiger charge is -2.62. The third kappa shape index (κ3) is 2.67. The molecule has 2 atom stereocenters. The molecule has 4 fully saturated rings. The van der Waals surface area contributed by atoms with Crippen LogP contribution in [0.4, 0.5) is 17.5 Å². The molecule has 0 aromatic carbocycles. The Hall–Kier alpha value is -3.54. The Bertz CT molecular complexity index is 1360. The highest BCUT2D eigenvalue weighted by atomic mass is 16.2. The predicted octanol–water partition coefficient (Wildman–Crippen LogP) is 3.32. The number of aryl methyl sites for hydroxylation is 1. The molecule has 0 spiro atoms. The van der Waals surface area contributed by atoms with Gasteiger partial charge in [0.25, 0.3) is 0 Å². The number of pyridine rings is 1. The molecule has 5 aliphatic rings. The maximum Gasteiger partial charge on any atom is 0.233 e. The van der Waals surface area contributed by atoms with Crippen molar-refractivity contribution in [2.75, 3.05) is 10.2 Å². The molecule has 1 amide bonds. The van der Waals surface area contributed by atoms with E-state index in [2.05, 4.69) is 26.5 Å². The molecule has 3 aromatic heterocycles. The Morgan fingerprint density at radius 1 is 1.21 bits per heavy atom. The van der Waals surface area contributed by atoms with Crippen molar-refractivity contribution in [2.24, 2.45) is 17.3 Å². The van der Waals surface area contributed by atoms with Gasteiger partial charge in [-0.25, -0.2) is 14.5 Å². The lowest BCUT2D eigenvalue weighted by Crippen LogP contribution is -2.64. The van der Waals surface area contributed by atoms with Crippen LogP contribution in [-0.2, 0) is 11.2 Å². The number of carbonyl (C=O) groups is 1. The summed E-state index contributed by atoms with van der Waals surface area (Å²) in [6.07, 6.45) is 11.4. The SMILES string of the molecule is Cc1cc2ncnn2cc1Nc1ncc2c(n1)N(C13CC4CC(CC(C#N)(C4)C1)C3)C(=O)C2. The van der Waals surface area contributed by atoms with E-state index >= 15 is 0 Å². The van der Waals surface area contributed by atoms with Gasteiger partial charge in [-0.3, -0.25) is 9.69 Å².